The lowest BCUT2D eigenvalue weighted by Gasteiger charge is -2.17. The molecular formula is C12H23N3S. The highest BCUT2D eigenvalue weighted by Crippen LogP contribution is 2.20. The highest BCUT2D eigenvalue weighted by molar-refractivity contribution is 7.99. The van der Waals surface area contributed by atoms with Crippen molar-refractivity contribution in [2.75, 3.05) is 16.8 Å². The summed E-state index contributed by atoms with van der Waals surface area (Å²) in [5.41, 5.74) is 1.08. The minimum atomic E-state index is 0.423. The van der Waals surface area contributed by atoms with E-state index in [2.05, 4.69) is 48.8 Å². The first-order valence-electron chi connectivity index (χ1n) is 5.94. The summed E-state index contributed by atoms with van der Waals surface area (Å²) in [5.74, 6) is 3.31. The summed E-state index contributed by atoms with van der Waals surface area (Å²) in [6.45, 7) is 10.8. The number of hydrogen-bond donors (Lipinski definition) is 1. The fourth-order valence-corrected chi connectivity index (χ4v) is 2.32. The molecule has 1 aromatic heterocycles. The Morgan fingerprint density at radius 2 is 2.12 bits per heavy atom. The van der Waals surface area contributed by atoms with E-state index in [9.17, 15) is 0 Å². The van der Waals surface area contributed by atoms with Crippen molar-refractivity contribution in [3.8, 4) is 0 Å². The Bertz CT molecular complexity index is 320. The summed E-state index contributed by atoms with van der Waals surface area (Å²) in [6, 6.07) is 0.916. The predicted molar refractivity (Wildman–Crippen MR) is 73.4 cm³/mol. The van der Waals surface area contributed by atoms with Gasteiger partial charge in [0.05, 0.1) is 5.69 Å². The third kappa shape index (κ3) is 3.74. The zero-order chi connectivity index (χ0) is 12.1. The third-order valence-corrected chi connectivity index (χ3v) is 3.43. The molecule has 0 aliphatic rings. The normalized spacial score (nSPS) is 13.1. The zero-order valence-electron chi connectivity index (χ0n) is 10.9. The Morgan fingerprint density at radius 1 is 1.44 bits per heavy atom. The first kappa shape index (κ1) is 13.4. The average Bonchev–Trinajstić information content (AvgIpc) is 2.55. The van der Waals surface area contributed by atoms with Crippen LogP contribution in [0, 0.1) is 6.92 Å². The maximum absolute atomic E-state index is 4.52. The second kappa shape index (κ2) is 6.18. The van der Waals surface area contributed by atoms with E-state index in [-0.39, 0.29) is 0 Å². The van der Waals surface area contributed by atoms with Crippen LogP contribution in [-0.4, -0.2) is 27.1 Å². The largest absolute Gasteiger partial charge is 0.353 e. The first-order chi connectivity index (χ1) is 7.54. The summed E-state index contributed by atoms with van der Waals surface area (Å²) in [4.78, 5) is 4.52. The summed E-state index contributed by atoms with van der Waals surface area (Å²) in [6.07, 6.45) is 2.13. The minimum Gasteiger partial charge on any atom is -0.353 e. The molecule has 1 rings (SSSR count). The molecule has 16 heavy (non-hydrogen) atoms. The van der Waals surface area contributed by atoms with E-state index < -0.39 is 0 Å². The number of aryl methyl sites for hydroxylation is 1. The van der Waals surface area contributed by atoms with E-state index >= 15 is 0 Å². The number of imidazole rings is 1. The highest BCUT2D eigenvalue weighted by Gasteiger charge is 2.12. The topological polar surface area (TPSA) is 29.9 Å². The highest BCUT2D eigenvalue weighted by atomic mass is 32.2. The van der Waals surface area contributed by atoms with Gasteiger partial charge in [-0.1, -0.05) is 6.92 Å². The smallest absolute Gasteiger partial charge is 0.203 e. The molecule has 0 saturated carbocycles. The number of nitrogens with zero attached hydrogens (tertiary/aromatic N) is 2. The monoisotopic (exact) mass is 241 g/mol. The number of hydrogen-bond acceptors (Lipinski definition) is 3. The van der Waals surface area contributed by atoms with E-state index in [1.54, 1.807) is 0 Å². The number of aromatic nitrogens is 2. The van der Waals surface area contributed by atoms with Gasteiger partial charge in [-0.15, -0.1) is 0 Å². The van der Waals surface area contributed by atoms with Crippen LogP contribution in [0.15, 0.2) is 6.20 Å². The van der Waals surface area contributed by atoms with Gasteiger partial charge in [-0.05, 0) is 33.4 Å². The van der Waals surface area contributed by atoms with Crippen molar-refractivity contribution < 1.29 is 0 Å². The van der Waals surface area contributed by atoms with Crippen molar-refractivity contribution in [1.29, 1.82) is 0 Å². The van der Waals surface area contributed by atoms with Crippen molar-refractivity contribution in [1.82, 2.24) is 9.55 Å². The quantitative estimate of drug-likeness (QED) is 0.828. The fourth-order valence-electron chi connectivity index (χ4n) is 1.59. The van der Waals surface area contributed by atoms with Crippen LogP contribution in [0.3, 0.4) is 0 Å². The maximum atomic E-state index is 4.52. The molecule has 0 amide bonds. The Balaban J connectivity index is 2.76. The third-order valence-electron chi connectivity index (χ3n) is 2.31. The molecule has 0 aromatic carbocycles. The minimum absolute atomic E-state index is 0.423. The Hall–Kier alpha value is -0.640. The van der Waals surface area contributed by atoms with Gasteiger partial charge < -0.3 is 9.88 Å². The van der Waals surface area contributed by atoms with Crippen LogP contribution in [-0.2, 0) is 0 Å². The second-order valence-corrected chi connectivity index (χ2v) is 5.74. The number of anilines is 1. The SMILES string of the molecule is CCSCC(C)n1cc(C)nc1NC(C)C. The number of thioether (sulfide) groups is 1. The van der Waals surface area contributed by atoms with E-state index in [0.29, 0.717) is 12.1 Å². The molecule has 0 radical (unpaired) electrons. The van der Waals surface area contributed by atoms with Gasteiger partial charge in [0, 0.05) is 24.0 Å². The van der Waals surface area contributed by atoms with Crippen molar-refractivity contribution in [3.63, 3.8) is 0 Å². The zero-order valence-corrected chi connectivity index (χ0v) is 11.8. The van der Waals surface area contributed by atoms with Gasteiger partial charge in [-0.25, -0.2) is 4.98 Å². The molecule has 0 aliphatic heterocycles. The average molecular weight is 241 g/mol. The molecule has 1 N–H and O–H groups in total. The van der Waals surface area contributed by atoms with Crippen molar-refractivity contribution in [3.05, 3.63) is 11.9 Å². The number of rotatable bonds is 6. The Morgan fingerprint density at radius 3 is 2.69 bits per heavy atom. The van der Waals surface area contributed by atoms with Crippen LogP contribution in [0.1, 0.15) is 39.4 Å². The van der Waals surface area contributed by atoms with Gasteiger partial charge in [0.2, 0.25) is 5.95 Å². The molecule has 0 bridgehead atoms. The molecule has 92 valence electrons. The molecule has 1 atom stereocenters. The van der Waals surface area contributed by atoms with Crippen LogP contribution < -0.4 is 5.32 Å². The van der Waals surface area contributed by atoms with Gasteiger partial charge >= 0.3 is 0 Å². The van der Waals surface area contributed by atoms with E-state index in [1.807, 2.05) is 18.7 Å². The maximum Gasteiger partial charge on any atom is 0.203 e. The second-order valence-electron chi connectivity index (χ2n) is 4.42. The number of nitrogens with one attached hydrogen (secondary N) is 1. The lowest BCUT2D eigenvalue weighted by molar-refractivity contribution is 0.610. The first-order valence-corrected chi connectivity index (χ1v) is 7.09. The van der Waals surface area contributed by atoms with Crippen LogP contribution in [0.25, 0.3) is 0 Å². The molecule has 0 fully saturated rings. The van der Waals surface area contributed by atoms with E-state index in [4.69, 9.17) is 0 Å². The molecule has 3 nitrogen and oxygen atoms in total. The molecule has 0 aliphatic carbocycles. The van der Waals surface area contributed by atoms with Gasteiger partial charge in [0.15, 0.2) is 0 Å². The Labute approximate surface area is 103 Å². The van der Waals surface area contributed by atoms with E-state index in [1.165, 1.54) is 5.75 Å². The summed E-state index contributed by atoms with van der Waals surface area (Å²) >= 11 is 1.97. The lowest BCUT2D eigenvalue weighted by atomic mass is 10.4. The lowest BCUT2D eigenvalue weighted by Crippen LogP contribution is -2.17. The van der Waals surface area contributed by atoms with Crippen LogP contribution in [0.5, 0.6) is 0 Å². The van der Waals surface area contributed by atoms with Gasteiger partial charge in [0.1, 0.15) is 0 Å². The Kier molecular flexibility index (Phi) is 5.19. The predicted octanol–water partition coefficient (Wildman–Crippen LogP) is 3.33. The van der Waals surface area contributed by atoms with Gasteiger partial charge in [-0.3, -0.25) is 0 Å². The standard InChI is InChI=1S/C12H23N3S/c1-6-16-8-11(5)15-7-10(4)14-12(15)13-9(2)3/h7,9,11H,6,8H2,1-5H3,(H,13,14). The summed E-state index contributed by atoms with van der Waals surface area (Å²) in [5, 5.41) is 3.39. The molecule has 1 aromatic rings. The van der Waals surface area contributed by atoms with Crippen molar-refractivity contribution in [2.24, 2.45) is 0 Å². The fraction of sp³-hybridized carbons (Fsp3) is 0.750. The molecule has 0 spiro atoms. The van der Waals surface area contributed by atoms with Gasteiger partial charge in [0.25, 0.3) is 0 Å². The molecule has 4 heteroatoms. The van der Waals surface area contributed by atoms with Crippen LogP contribution >= 0.6 is 11.8 Å². The van der Waals surface area contributed by atoms with Gasteiger partial charge in [-0.2, -0.15) is 11.8 Å². The van der Waals surface area contributed by atoms with E-state index in [0.717, 1.165) is 17.4 Å². The van der Waals surface area contributed by atoms with Crippen LogP contribution in [0.2, 0.25) is 0 Å². The molecule has 1 unspecified atom stereocenters. The molecule has 0 saturated heterocycles. The summed E-state index contributed by atoms with van der Waals surface area (Å²) < 4.78 is 2.25. The molecular weight excluding hydrogens is 218 g/mol. The van der Waals surface area contributed by atoms with Crippen molar-refractivity contribution in [2.45, 2.75) is 46.7 Å². The molecule has 1 heterocycles. The van der Waals surface area contributed by atoms with Crippen molar-refractivity contribution >= 4 is 17.7 Å². The summed E-state index contributed by atoms with van der Waals surface area (Å²) in [7, 11) is 0. The van der Waals surface area contributed by atoms with Crippen LogP contribution in [0.4, 0.5) is 5.95 Å².